The first-order valence-electron chi connectivity index (χ1n) is 8.27. The van der Waals surface area contributed by atoms with Crippen LogP contribution in [0.5, 0.6) is 5.75 Å². The minimum atomic E-state index is -3.93. The summed E-state index contributed by atoms with van der Waals surface area (Å²) in [7, 11) is -2.45. The molecule has 0 amide bonds. The quantitative estimate of drug-likeness (QED) is 0.775. The Morgan fingerprint density at radius 1 is 1.15 bits per heavy atom. The molecular weight excluding hydrogens is 372 g/mol. The summed E-state index contributed by atoms with van der Waals surface area (Å²) in [6.45, 7) is 2.43. The predicted octanol–water partition coefficient (Wildman–Crippen LogP) is 2.03. The molecule has 0 spiro atoms. The molecule has 1 fully saturated rings. The molecule has 3 rings (SSSR count). The van der Waals surface area contributed by atoms with E-state index in [-0.39, 0.29) is 16.1 Å². The zero-order valence-electron chi connectivity index (χ0n) is 14.7. The zero-order chi connectivity index (χ0) is 19.4. The molecule has 8 nitrogen and oxygen atoms in total. The summed E-state index contributed by atoms with van der Waals surface area (Å²) >= 11 is 0. The lowest BCUT2D eigenvalue weighted by Crippen LogP contribution is -2.36. The highest BCUT2D eigenvalue weighted by Crippen LogP contribution is 2.27. The first-order valence-corrected chi connectivity index (χ1v) is 9.76. The van der Waals surface area contributed by atoms with Gasteiger partial charge in [0.2, 0.25) is 0 Å². The minimum Gasteiger partial charge on any atom is -0.497 e. The third-order valence-electron chi connectivity index (χ3n) is 4.22. The number of sulfonamides is 1. The summed E-state index contributed by atoms with van der Waals surface area (Å²) in [5.41, 5.74) is 0.606. The number of anilines is 2. The second-order valence-electron chi connectivity index (χ2n) is 5.92. The van der Waals surface area contributed by atoms with Gasteiger partial charge in [0, 0.05) is 18.8 Å². The molecule has 144 valence electrons. The monoisotopic (exact) mass is 392 g/mol. The van der Waals surface area contributed by atoms with Gasteiger partial charge >= 0.3 is 5.97 Å². The number of carbonyl (C=O) groups is 1. The zero-order valence-corrected chi connectivity index (χ0v) is 15.5. The van der Waals surface area contributed by atoms with Crippen molar-refractivity contribution in [3.8, 4) is 5.75 Å². The van der Waals surface area contributed by atoms with Crippen molar-refractivity contribution in [3.63, 3.8) is 0 Å². The van der Waals surface area contributed by atoms with Crippen molar-refractivity contribution < 1.29 is 27.8 Å². The molecular formula is C18H20N2O6S. The molecule has 0 unspecified atom stereocenters. The van der Waals surface area contributed by atoms with E-state index < -0.39 is 16.0 Å². The van der Waals surface area contributed by atoms with E-state index in [0.717, 1.165) is 0 Å². The Balaban J connectivity index is 1.89. The first-order chi connectivity index (χ1) is 12.9. The lowest BCUT2D eigenvalue weighted by atomic mass is 10.1. The number of hydrogen-bond donors (Lipinski definition) is 2. The van der Waals surface area contributed by atoms with Gasteiger partial charge in [-0.3, -0.25) is 4.72 Å². The van der Waals surface area contributed by atoms with Crippen molar-refractivity contribution in [3.05, 3.63) is 48.0 Å². The Morgan fingerprint density at radius 2 is 1.81 bits per heavy atom. The normalized spacial score (nSPS) is 14.6. The first kappa shape index (κ1) is 19.0. The van der Waals surface area contributed by atoms with Crippen LogP contribution in [0, 0.1) is 0 Å². The van der Waals surface area contributed by atoms with Crippen LogP contribution in [-0.4, -0.2) is 52.9 Å². The minimum absolute atomic E-state index is 0.00956. The number of ether oxygens (including phenoxy) is 2. The van der Waals surface area contributed by atoms with Crippen LogP contribution in [0.15, 0.2) is 47.4 Å². The van der Waals surface area contributed by atoms with E-state index in [1.165, 1.54) is 43.5 Å². The topological polar surface area (TPSA) is 105 Å². The number of rotatable bonds is 6. The summed E-state index contributed by atoms with van der Waals surface area (Å²) in [4.78, 5) is 13.7. The molecule has 27 heavy (non-hydrogen) atoms. The molecule has 0 atom stereocenters. The predicted molar refractivity (Wildman–Crippen MR) is 100 cm³/mol. The highest BCUT2D eigenvalue weighted by atomic mass is 32.2. The summed E-state index contributed by atoms with van der Waals surface area (Å²) < 4.78 is 37.9. The SMILES string of the molecule is COc1ccc(S(=O)(=O)Nc2ccc(N3CCOCC3)cc2C(=O)O)cc1. The number of carboxylic acid groups (broad SMARTS) is 1. The summed E-state index contributed by atoms with van der Waals surface area (Å²) in [5, 5.41) is 9.53. The molecule has 9 heteroatoms. The fourth-order valence-electron chi connectivity index (χ4n) is 2.77. The van der Waals surface area contributed by atoms with E-state index in [2.05, 4.69) is 4.72 Å². The van der Waals surface area contributed by atoms with Crippen LogP contribution in [-0.2, 0) is 14.8 Å². The van der Waals surface area contributed by atoms with Gasteiger partial charge in [-0.05, 0) is 42.5 Å². The highest BCUT2D eigenvalue weighted by Gasteiger charge is 2.21. The molecule has 1 heterocycles. The van der Waals surface area contributed by atoms with Gasteiger partial charge in [-0.1, -0.05) is 0 Å². The van der Waals surface area contributed by atoms with Crippen molar-refractivity contribution in [2.45, 2.75) is 4.90 Å². The maximum absolute atomic E-state index is 12.6. The summed E-state index contributed by atoms with van der Waals surface area (Å²) in [5.74, 6) is -0.687. The number of carboxylic acids is 1. The van der Waals surface area contributed by atoms with Gasteiger partial charge in [0.25, 0.3) is 10.0 Å². The van der Waals surface area contributed by atoms with Gasteiger partial charge in [0.05, 0.1) is 36.5 Å². The molecule has 0 saturated carbocycles. The van der Waals surface area contributed by atoms with E-state index in [0.29, 0.717) is 37.7 Å². The molecule has 2 aromatic rings. The van der Waals surface area contributed by atoms with Crippen LogP contribution >= 0.6 is 0 Å². The van der Waals surface area contributed by atoms with Crippen molar-refractivity contribution >= 4 is 27.4 Å². The molecule has 2 aromatic carbocycles. The number of nitrogens with one attached hydrogen (secondary N) is 1. The van der Waals surface area contributed by atoms with Crippen LogP contribution in [0.25, 0.3) is 0 Å². The average molecular weight is 392 g/mol. The number of nitrogens with zero attached hydrogens (tertiary/aromatic N) is 1. The number of benzene rings is 2. The number of morpholine rings is 1. The van der Waals surface area contributed by atoms with Crippen molar-refractivity contribution in [1.29, 1.82) is 0 Å². The number of methoxy groups -OCH3 is 1. The Hall–Kier alpha value is -2.78. The van der Waals surface area contributed by atoms with Crippen LogP contribution in [0.4, 0.5) is 11.4 Å². The molecule has 1 saturated heterocycles. The molecule has 1 aliphatic rings. The van der Waals surface area contributed by atoms with E-state index in [1.807, 2.05) is 4.90 Å². The summed E-state index contributed by atoms with van der Waals surface area (Å²) in [6.07, 6.45) is 0. The Bertz CT molecular complexity index is 921. The third-order valence-corrected chi connectivity index (χ3v) is 5.61. The molecule has 0 aromatic heterocycles. The van der Waals surface area contributed by atoms with Crippen molar-refractivity contribution in [2.24, 2.45) is 0 Å². The maximum atomic E-state index is 12.6. The molecule has 0 aliphatic carbocycles. The Labute approximate surface area is 157 Å². The van der Waals surface area contributed by atoms with Gasteiger partial charge in [-0.15, -0.1) is 0 Å². The van der Waals surface area contributed by atoms with Gasteiger partial charge < -0.3 is 19.5 Å². The largest absolute Gasteiger partial charge is 0.497 e. The fraction of sp³-hybridized carbons (Fsp3) is 0.278. The fourth-order valence-corrected chi connectivity index (χ4v) is 3.85. The van der Waals surface area contributed by atoms with Gasteiger partial charge in [-0.2, -0.15) is 0 Å². The van der Waals surface area contributed by atoms with Crippen LogP contribution in [0.2, 0.25) is 0 Å². The summed E-state index contributed by atoms with van der Waals surface area (Å²) in [6, 6.07) is 10.5. The highest BCUT2D eigenvalue weighted by molar-refractivity contribution is 7.92. The molecule has 0 radical (unpaired) electrons. The van der Waals surface area contributed by atoms with Crippen LogP contribution in [0.3, 0.4) is 0 Å². The molecule has 0 bridgehead atoms. The Kier molecular flexibility index (Phi) is 5.52. The number of aromatic carboxylic acids is 1. The van der Waals surface area contributed by atoms with E-state index in [4.69, 9.17) is 9.47 Å². The van der Waals surface area contributed by atoms with Crippen LogP contribution in [0.1, 0.15) is 10.4 Å². The second kappa shape index (κ2) is 7.85. The van der Waals surface area contributed by atoms with E-state index >= 15 is 0 Å². The van der Waals surface area contributed by atoms with Gasteiger partial charge in [0.1, 0.15) is 5.75 Å². The third kappa shape index (κ3) is 4.32. The molecule has 1 aliphatic heterocycles. The second-order valence-corrected chi connectivity index (χ2v) is 7.60. The lowest BCUT2D eigenvalue weighted by Gasteiger charge is -2.29. The Morgan fingerprint density at radius 3 is 2.41 bits per heavy atom. The van der Waals surface area contributed by atoms with E-state index in [1.54, 1.807) is 6.07 Å². The smallest absolute Gasteiger partial charge is 0.337 e. The lowest BCUT2D eigenvalue weighted by molar-refractivity contribution is 0.0698. The number of hydrogen-bond acceptors (Lipinski definition) is 6. The average Bonchev–Trinajstić information content (AvgIpc) is 2.68. The van der Waals surface area contributed by atoms with Crippen molar-refractivity contribution in [2.75, 3.05) is 43.0 Å². The van der Waals surface area contributed by atoms with Crippen molar-refractivity contribution in [1.82, 2.24) is 0 Å². The van der Waals surface area contributed by atoms with Crippen LogP contribution < -0.4 is 14.4 Å². The maximum Gasteiger partial charge on any atom is 0.337 e. The van der Waals surface area contributed by atoms with Gasteiger partial charge in [0.15, 0.2) is 0 Å². The standard InChI is InChI=1S/C18H20N2O6S/c1-25-14-3-5-15(6-4-14)27(23,24)19-17-7-2-13(12-16(17)18(21)22)20-8-10-26-11-9-20/h2-7,12,19H,8-11H2,1H3,(H,21,22). The van der Waals surface area contributed by atoms with Gasteiger partial charge in [-0.25, -0.2) is 13.2 Å². The van der Waals surface area contributed by atoms with E-state index in [9.17, 15) is 18.3 Å². The molecule has 2 N–H and O–H groups in total.